The van der Waals surface area contributed by atoms with Crippen molar-refractivity contribution < 1.29 is 23.8 Å². The summed E-state index contributed by atoms with van der Waals surface area (Å²) in [7, 11) is 1.51. The first kappa shape index (κ1) is 16.9. The molecule has 0 radical (unpaired) electrons. The van der Waals surface area contributed by atoms with Gasteiger partial charge in [0, 0.05) is 5.56 Å². The van der Waals surface area contributed by atoms with Gasteiger partial charge in [-0.15, -0.1) is 5.01 Å². The molecule has 2 aromatic carbocycles. The van der Waals surface area contributed by atoms with Crippen molar-refractivity contribution in [1.29, 1.82) is 0 Å². The Bertz CT molecular complexity index is 944. The Hall–Kier alpha value is -3.55. The summed E-state index contributed by atoms with van der Waals surface area (Å²) in [4.78, 5) is 25.1. The van der Waals surface area contributed by atoms with Gasteiger partial charge in [-0.1, -0.05) is 30.3 Å². The first-order valence-corrected chi connectivity index (χ1v) is 8.27. The molecule has 8 heteroatoms. The van der Waals surface area contributed by atoms with E-state index in [9.17, 15) is 9.59 Å². The van der Waals surface area contributed by atoms with Crippen LogP contribution < -0.4 is 19.5 Å². The second-order valence-corrected chi connectivity index (χ2v) is 6.24. The molecular weight excluding hydrogens is 350 g/mol. The molecule has 0 aliphatic carbocycles. The van der Waals surface area contributed by atoms with E-state index >= 15 is 0 Å². The molecule has 138 valence electrons. The first-order valence-electron chi connectivity index (χ1n) is 8.27. The molecular formula is C19H17N3O5. The van der Waals surface area contributed by atoms with Gasteiger partial charge in [-0.25, -0.2) is 4.79 Å². The van der Waals surface area contributed by atoms with Crippen molar-refractivity contribution in [2.45, 2.75) is 12.5 Å². The zero-order valence-electron chi connectivity index (χ0n) is 14.8. The highest BCUT2D eigenvalue weighted by molar-refractivity contribution is 6.07. The Morgan fingerprint density at radius 2 is 2.00 bits per heavy atom. The third kappa shape index (κ3) is 2.75. The standard InChI is InChI=1S/C19H17N3O5/c1-19(13-6-4-3-5-7-13)17(23)22(18(24)21-19)20-10-12-8-14(25-2)16-15(9-12)26-11-27-16/h3-10H,11H2,1-2H3,(H,21,24)/b20-10-/t19-/m0/s1. The monoisotopic (exact) mass is 367 g/mol. The van der Waals surface area contributed by atoms with E-state index in [1.165, 1.54) is 13.3 Å². The maximum Gasteiger partial charge on any atom is 0.346 e. The molecule has 3 amide bonds. The number of nitrogens with zero attached hydrogens (tertiary/aromatic N) is 2. The smallest absolute Gasteiger partial charge is 0.346 e. The largest absolute Gasteiger partial charge is 0.493 e. The Kier molecular flexibility index (Phi) is 3.95. The van der Waals surface area contributed by atoms with Crippen LogP contribution in [0, 0.1) is 0 Å². The molecule has 0 saturated carbocycles. The second kappa shape index (κ2) is 6.31. The van der Waals surface area contributed by atoms with Gasteiger partial charge in [0.15, 0.2) is 11.5 Å². The van der Waals surface area contributed by atoms with Crippen molar-refractivity contribution in [2.75, 3.05) is 13.9 Å². The minimum Gasteiger partial charge on any atom is -0.493 e. The van der Waals surface area contributed by atoms with Crippen LogP contribution in [0.5, 0.6) is 17.2 Å². The molecule has 0 aromatic heterocycles. The highest BCUT2D eigenvalue weighted by Crippen LogP contribution is 2.41. The second-order valence-electron chi connectivity index (χ2n) is 6.24. The zero-order chi connectivity index (χ0) is 19.0. The average Bonchev–Trinajstić information content (AvgIpc) is 3.24. The van der Waals surface area contributed by atoms with Gasteiger partial charge in [0.05, 0.1) is 13.3 Å². The summed E-state index contributed by atoms with van der Waals surface area (Å²) in [5.74, 6) is 1.06. The molecule has 1 fully saturated rings. The highest BCUT2D eigenvalue weighted by atomic mass is 16.7. The predicted molar refractivity (Wildman–Crippen MR) is 95.9 cm³/mol. The maximum absolute atomic E-state index is 12.8. The van der Waals surface area contributed by atoms with Gasteiger partial charge in [-0.3, -0.25) is 4.79 Å². The van der Waals surface area contributed by atoms with E-state index in [-0.39, 0.29) is 6.79 Å². The van der Waals surface area contributed by atoms with Crippen molar-refractivity contribution in [3.05, 3.63) is 53.6 Å². The maximum atomic E-state index is 12.8. The van der Waals surface area contributed by atoms with Crippen LogP contribution >= 0.6 is 0 Å². The molecule has 2 aromatic rings. The third-order valence-electron chi connectivity index (χ3n) is 4.52. The number of methoxy groups -OCH3 is 1. The Morgan fingerprint density at radius 3 is 2.74 bits per heavy atom. The number of carbonyl (C=O) groups excluding carboxylic acids is 2. The van der Waals surface area contributed by atoms with E-state index in [0.29, 0.717) is 28.4 Å². The van der Waals surface area contributed by atoms with Gasteiger partial charge < -0.3 is 19.5 Å². The van der Waals surface area contributed by atoms with Crippen LogP contribution in [0.15, 0.2) is 47.6 Å². The molecule has 0 bridgehead atoms. The predicted octanol–water partition coefficient (Wildman–Crippen LogP) is 2.22. The SMILES string of the molecule is COc1cc(/C=N\N2C(=O)N[C@@](C)(c3ccccc3)C2=O)cc2c1OCO2. The number of amides is 3. The number of ether oxygens (including phenoxy) is 3. The number of hydrazone groups is 1. The quantitative estimate of drug-likeness (QED) is 0.661. The summed E-state index contributed by atoms with van der Waals surface area (Å²) in [6.07, 6.45) is 1.40. The first-order chi connectivity index (χ1) is 13.0. The number of imide groups is 1. The van der Waals surface area contributed by atoms with Gasteiger partial charge >= 0.3 is 6.03 Å². The van der Waals surface area contributed by atoms with E-state index in [1.807, 2.05) is 18.2 Å². The van der Waals surface area contributed by atoms with Crippen LogP contribution in [0.25, 0.3) is 0 Å². The van der Waals surface area contributed by atoms with E-state index in [1.54, 1.807) is 31.2 Å². The van der Waals surface area contributed by atoms with Crippen LogP contribution in [0.2, 0.25) is 0 Å². The number of nitrogens with one attached hydrogen (secondary N) is 1. The van der Waals surface area contributed by atoms with E-state index < -0.39 is 17.5 Å². The fraction of sp³-hybridized carbons (Fsp3) is 0.211. The van der Waals surface area contributed by atoms with Gasteiger partial charge in [0.25, 0.3) is 5.91 Å². The summed E-state index contributed by atoms with van der Waals surface area (Å²) >= 11 is 0. The molecule has 0 spiro atoms. The molecule has 1 saturated heterocycles. The molecule has 8 nitrogen and oxygen atoms in total. The number of urea groups is 1. The molecule has 1 N–H and O–H groups in total. The fourth-order valence-electron chi connectivity index (χ4n) is 3.05. The van der Waals surface area contributed by atoms with E-state index in [0.717, 1.165) is 5.01 Å². The third-order valence-corrected chi connectivity index (χ3v) is 4.52. The van der Waals surface area contributed by atoms with Crippen molar-refractivity contribution in [3.8, 4) is 17.2 Å². The molecule has 0 unspecified atom stereocenters. The van der Waals surface area contributed by atoms with Crippen molar-refractivity contribution in [3.63, 3.8) is 0 Å². The lowest BCUT2D eigenvalue weighted by Gasteiger charge is -2.20. The summed E-state index contributed by atoms with van der Waals surface area (Å²) in [5, 5.41) is 7.60. The lowest BCUT2D eigenvalue weighted by molar-refractivity contribution is -0.131. The lowest BCUT2D eigenvalue weighted by Crippen LogP contribution is -2.40. The van der Waals surface area contributed by atoms with Crippen molar-refractivity contribution >= 4 is 18.2 Å². The average molecular weight is 367 g/mol. The van der Waals surface area contributed by atoms with Gasteiger partial charge in [0.1, 0.15) is 5.54 Å². The lowest BCUT2D eigenvalue weighted by atomic mass is 9.92. The fourth-order valence-corrected chi connectivity index (χ4v) is 3.05. The minimum atomic E-state index is -1.16. The van der Waals surface area contributed by atoms with Gasteiger partial charge in [-0.2, -0.15) is 5.10 Å². The van der Waals surface area contributed by atoms with E-state index in [2.05, 4.69) is 10.4 Å². The van der Waals surface area contributed by atoms with Gasteiger partial charge in [-0.05, 0) is 24.6 Å². The Labute approximate surface area is 155 Å². The van der Waals surface area contributed by atoms with Crippen LogP contribution in [0.4, 0.5) is 4.79 Å². The molecule has 27 heavy (non-hydrogen) atoms. The molecule has 1 atom stereocenters. The zero-order valence-corrected chi connectivity index (χ0v) is 14.8. The topological polar surface area (TPSA) is 89.5 Å². The van der Waals surface area contributed by atoms with Crippen molar-refractivity contribution in [1.82, 2.24) is 10.3 Å². The molecule has 2 heterocycles. The summed E-state index contributed by atoms with van der Waals surface area (Å²) < 4.78 is 16.0. The van der Waals surface area contributed by atoms with Gasteiger partial charge in [0.2, 0.25) is 12.5 Å². The van der Waals surface area contributed by atoms with Crippen LogP contribution in [0.3, 0.4) is 0 Å². The number of hydrogen-bond acceptors (Lipinski definition) is 6. The molecule has 2 aliphatic heterocycles. The Balaban J connectivity index is 1.62. The summed E-state index contributed by atoms with van der Waals surface area (Å²) in [6, 6.07) is 11.8. The van der Waals surface area contributed by atoms with Crippen LogP contribution in [-0.2, 0) is 10.3 Å². The highest BCUT2D eigenvalue weighted by Gasteiger charge is 2.49. The number of hydrogen-bond donors (Lipinski definition) is 1. The normalized spacial score (nSPS) is 21.0. The Morgan fingerprint density at radius 1 is 1.22 bits per heavy atom. The number of fused-ring (bicyclic) bond motifs is 1. The summed E-state index contributed by atoms with van der Waals surface area (Å²) in [5.41, 5.74) is 0.123. The van der Waals surface area contributed by atoms with Crippen molar-refractivity contribution in [2.24, 2.45) is 5.10 Å². The molecule has 2 aliphatic rings. The van der Waals surface area contributed by atoms with Crippen LogP contribution in [-0.4, -0.2) is 37.1 Å². The summed E-state index contributed by atoms with van der Waals surface area (Å²) in [6.45, 7) is 1.76. The van der Waals surface area contributed by atoms with E-state index in [4.69, 9.17) is 14.2 Å². The number of carbonyl (C=O) groups is 2. The molecule has 4 rings (SSSR count). The number of benzene rings is 2. The number of rotatable bonds is 4. The minimum absolute atomic E-state index is 0.106. The van der Waals surface area contributed by atoms with Crippen LogP contribution in [0.1, 0.15) is 18.1 Å².